The van der Waals surface area contributed by atoms with Crippen LogP contribution in [0.15, 0.2) is 18.6 Å². The van der Waals surface area contributed by atoms with Gasteiger partial charge in [0, 0.05) is 12.4 Å². The van der Waals surface area contributed by atoms with Crippen molar-refractivity contribution in [2.24, 2.45) is 11.8 Å². The van der Waals surface area contributed by atoms with Crippen LogP contribution in [-0.2, 0) is 14.4 Å². The lowest BCUT2D eigenvalue weighted by Gasteiger charge is -2.30. The molecule has 3 amide bonds. The van der Waals surface area contributed by atoms with Gasteiger partial charge in [-0.2, -0.15) is 0 Å². The topological polar surface area (TPSA) is 116 Å². The molecule has 2 atom stereocenters. The maximum absolute atomic E-state index is 14.3. The Hall–Kier alpha value is -2.62. The van der Waals surface area contributed by atoms with Crippen molar-refractivity contribution in [1.82, 2.24) is 19.9 Å². The van der Waals surface area contributed by atoms with Crippen molar-refractivity contribution in [2.45, 2.75) is 65.5 Å². The minimum absolute atomic E-state index is 0.189. The van der Waals surface area contributed by atoms with Gasteiger partial charge in [0.05, 0.1) is 25.2 Å². The van der Waals surface area contributed by atoms with Crippen LogP contribution in [0.5, 0.6) is 0 Å². The predicted octanol–water partition coefficient (Wildman–Crippen LogP) is 3.06. The summed E-state index contributed by atoms with van der Waals surface area (Å²) in [7, 11) is 0. The van der Waals surface area contributed by atoms with Gasteiger partial charge < -0.3 is 10.2 Å². The van der Waals surface area contributed by atoms with Crippen LogP contribution in [0.25, 0.3) is 0 Å². The number of amides is 3. The number of alkyl halides is 1. The van der Waals surface area contributed by atoms with E-state index in [9.17, 15) is 24.0 Å². The zero-order valence-corrected chi connectivity index (χ0v) is 19.2. The van der Waals surface area contributed by atoms with Crippen LogP contribution in [0.1, 0.15) is 59.3 Å². The third-order valence-corrected chi connectivity index (χ3v) is 5.23. The highest BCUT2D eigenvalue weighted by atomic mass is 19.1. The highest BCUT2D eigenvalue weighted by Gasteiger charge is 2.31. The van der Waals surface area contributed by atoms with E-state index in [1.54, 1.807) is 6.92 Å². The van der Waals surface area contributed by atoms with E-state index in [-0.39, 0.29) is 44.2 Å². The van der Waals surface area contributed by atoms with E-state index < -0.39 is 23.9 Å². The number of carbonyl (C=O) groups is 3. The Labute approximate surface area is 189 Å². The molecule has 10 heteroatoms. The maximum atomic E-state index is 14.3. The smallest absolute Gasteiger partial charge is 0.245 e. The summed E-state index contributed by atoms with van der Waals surface area (Å²) in [5, 5.41) is 12.7. The lowest BCUT2D eigenvalue weighted by atomic mass is 9.87. The zero-order valence-electron chi connectivity index (χ0n) is 19.2. The average molecular weight is 454 g/mol. The fraction of sp³-hybridized carbons (Fsp3) is 0.682. The van der Waals surface area contributed by atoms with E-state index >= 15 is 0 Å². The summed E-state index contributed by atoms with van der Waals surface area (Å²) < 4.78 is 14.3. The average Bonchev–Trinajstić information content (AvgIpc) is 2.78. The summed E-state index contributed by atoms with van der Waals surface area (Å²) in [6.45, 7) is 4.94. The normalized spacial score (nSPS) is 12.8. The molecule has 0 aliphatic heterocycles. The minimum Gasteiger partial charge on any atom is -0.330 e. The van der Waals surface area contributed by atoms with Gasteiger partial charge >= 0.3 is 0 Å². The first-order valence-electron chi connectivity index (χ1n) is 11.2. The summed E-state index contributed by atoms with van der Waals surface area (Å²) >= 11 is 0. The summed E-state index contributed by atoms with van der Waals surface area (Å²) in [5.41, 5.74) is 0. The third-order valence-electron chi connectivity index (χ3n) is 5.23. The van der Waals surface area contributed by atoms with Crippen LogP contribution < -0.4 is 5.32 Å². The van der Waals surface area contributed by atoms with Crippen LogP contribution >= 0.6 is 0 Å². The summed E-state index contributed by atoms with van der Waals surface area (Å²) in [4.78, 5) is 45.9. The van der Waals surface area contributed by atoms with E-state index in [1.807, 2.05) is 0 Å². The Morgan fingerprint density at radius 2 is 1.88 bits per heavy atom. The van der Waals surface area contributed by atoms with Gasteiger partial charge in [-0.25, -0.2) is 14.4 Å². The molecule has 9 nitrogen and oxygen atoms in total. The van der Waals surface area contributed by atoms with E-state index in [0.29, 0.717) is 11.5 Å². The van der Waals surface area contributed by atoms with Gasteiger partial charge in [0.2, 0.25) is 18.2 Å². The molecule has 0 radical (unpaired) electrons. The van der Waals surface area contributed by atoms with Crippen LogP contribution in [-0.4, -0.2) is 69.2 Å². The number of hydroxylamine groups is 2. The minimum atomic E-state index is -1.30. The Morgan fingerprint density at radius 3 is 2.41 bits per heavy atom. The van der Waals surface area contributed by atoms with Crippen molar-refractivity contribution in [3.8, 4) is 0 Å². The van der Waals surface area contributed by atoms with Gasteiger partial charge in [0.1, 0.15) is 12.7 Å². The molecule has 0 saturated carbocycles. The van der Waals surface area contributed by atoms with Crippen molar-refractivity contribution < 1.29 is 24.0 Å². The predicted molar refractivity (Wildman–Crippen MR) is 118 cm³/mol. The molecule has 1 aromatic rings. The Kier molecular flexibility index (Phi) is 13.0. The molecule has 0 fully saturated rings. The molecule has 0 aromatic carbocycles. The molecule has 0 bridgehead atoms. The number of nitrogens with one attached hydrogen (secondary N) is 1. The zero-order chi connectivity index (χ0) is 23.9. The number of rotatable bonds is 16. The molecule has 180 valence electrons. The van der Waals surface area contributed by atoms with Crippen LogP contribution in [0, 0.1) is 11.8 Å². The lowest BCUT2D eigenvalue weighted by molar-refractivity contribution is -0.158. The Balaban J connectivity index is 3.04. The number of aromatic nitrogens is 2. The van der Waals surface area contributed by atoms with Crippen molar-refractivity contribution in [3.05, 3.63) is 18.6 Å². The van der Waals surface area contributed by atoms with Gasteiger partial charge in [-0.3, -0.25) is 24.6 Å². The summed E-state index contributed by atoms with van der Waals surface area (Å²) in [6.07, 6.45) is 7.49. The number of nitrogens with zero attached hydrogens (tertiary/aromatic N) is 4. The molecule has 0 aliphatic rings. The maximum Gasteiger partial charge on any atom is 0.245 e. The van der Waals surface area contributed by atoms with Crippen LogP contribution in [0.4, 0.5) is 10.2 Å². The molecule has 2 N–H and O–H groups in total. The van der Waals surface area contributed by atoms with Crippen molar-refractivity contribution in [2.75, 3.05) is 25.0 Å². The van der Waals surface area contributed by atoms with Crippen LogP contribution in [0.3, 0.4) is 0 Å². The van der Waals surface area contributed by atoms with Crippen LogP contribution in [0.2, 0.25) is 0 Å². The SMILES string of the molecule is CCCC(CCC)CC(CN(O)C=O)C(=O)N(CC(=O)Nc1cnccn1)C[C@H](F)CC. The van der Waals surface area contributed by atoms with E-state index in [2.05, 4.69) is 29.1 Å². The van der Waals surface area contributed by atoms with E-state index in [1.165, 1.54) is 18.6 Å². The molecule has 0 aliphatic carbocycles. The second-order valence-corrected chi connectivity index (χ2v) is 7.97. The third kappa shape index (κ3) is 10.1. The van der Waals surface area contributed by atoms with E-state index in [0.717, 1.165) is 30.6 Å². The molecule has 1 rings (SSSR count). The number of hydrogen-bond donors (Lipinski definition) is 2. The monoisotopic (exact) mass is 453 g/mol. The second-order valence-electron chi connectivity index (χ2n) is 7.97. The molecular weight excluding hydrogens is 417 g/mol. The fourth-order valence-electron chi connectivity index (χ4n) is 3.70. The number of halogens is 1. The number of carbonyl (C=O) groups excluding carboxylic acids is 3. The van der Waals surface area contributed by atoms with Gasteiger partial charge in [-0.1, -0.05) is 46.5 Å². The van der Waals surface area contributed by atoms with Crippen molar-refractivity contribution in [3.63, 3.8) is 0 Å². The first-order valence-corrected chi connectivity index (χ1v) is 11.2. The Bertz CT molecular complexity index is 688. The van der Waals surface area contributed by atoms with E-state index in [4.69, 9.17) is 0 Å². The van der Waals surface area contributed by atoms with Gasteiger partial charge in [-0.15, -0.1) is 0 Å². The molecule has 0 spiro atoms. The standard InChI is InChI=1S/C22H36FN5O4/c1-4-7-17(8-5-2)11-18(13-28(32)16-29)22(31)27(14-19(23)6-3)15-21(30)26-20-12-24-9-10-25-20/h9-10,12,16-19,32H,4-8,11,13-15H2,1-3H3,(H,25,26,30)/t18?,19-/m1/s1. The lowest BCUT2D eigenvalue weighted by Crippen LogP contribution is -2.47. The first-order chi connectivity index (χ1) is 15.3. The van der Waals surface area contributed by atoms with Crippen molar-refractivity contribution in [1.29, 1.82) is 0 Å². The van der Waals surface area contributed by atoms with Gasteiger partial charge in [0.15, 0.2) is 5.82 Å². The fourth-order valence-corrected chi connectivity index (χ4v) is 3.70. The summed E-state index contributed by atoms with van der Waals surface area (Å²) in [5.74, 6) is -1.30. The first kappa shape index (κ1) is 27.4. The van der Waals surface area contributed by atoms with Gasteiger partial charge in [0.25, 0.3) is 0 Å². The molecule has 32 heavy (non-hydrogen) atoms. The van der Waals surface area contributed by atoms with Crippen molar-refractivity contribution >= 4 is 24.0 Å². The molecule has 1 heterocycles. The molecule has 0 saturated heterocycles. The second kappa shape index (κ2) is 15.2. The molecule has 1 aromatic heterocycles. The highest BCUT2D eigenvalue weighted by molar-refractivity contribution is 5.94. The highest BCUT2D eigenvalue weighted by Crippen LogP contribution is 2.25. The largest absolute Gasteiger partial charge is 0.330 e. The van der Waals surface area contributed by atoms with Gasteiger partial charge in [-0.05, 0) is 18.8 Å². The Morgan fingerprint density at radius 1 is 1.19 bits per heavy atom. The quantitative estimate of drug-likeness (QED) is 0.226. The number of anilines is 1. The summed E-state index contributed by atoms with van der Waals surface area (Å²) in [6, 6.07) is 0. The number of hydrogen-bond acceptors (Lipinski definition) is 6. The molecular formula is C22H36FN5O4. The molecule has 1 unspecified atom stereocenters.